The van der Waals surface area contributed by atoms with E-state index in [1.807, 2.05) is 0 Å². The summed E-state index contributed by atoms with van der Waals surface area (Å²) in [6.07, 6.45) is 2.62. The summed E-state index contributed by atoms with van der Waals surface area (Å²) in [4.78, 5) is 4.73. The van der Waals surface area contributed by atoms with Crippen molar-refractivity contribution in [1.29, 1.82) is 0 Å². The molecule has 2 unspecified atom stereocenters. The van der Waals surface area contributed by atoms with E-state index < -0.39 is 0 Å². The van der Waals surface area contributed by atoms with Crippen LogP contribution in [0.3, 0.4) is 0 Å². The molecule has 106 valence electrons. The number of benzene rings is 1. The Morgan fingerprint density at radius 3 is 2.68 bits per heavy atom. The van der Waals surface area contributed by atoms with Crippen LogP contribution in [-0.4, -0.2) is 56.6 Å². The quantitative estimate of drug-likeness (QED) is 0.874. The molecule has 0 radical (unpaired) electrons. The molecular formula is C16H27N3. The first kappa shape index (κ1) is 14.5. The predicted octanol–water partition coefficient (Wildman–Crippen LogP) is 1.97. The first-order valence-corrected chi connectivity index (χ1v) is 7.30. The van der Waals surface area contributed by atoms with Crippen LogP contribution in [0.5, 0.6) is 0 Å². The molecule has 3 heteroatoms. The van der Waals surface area contributed by atoms with Crippen LogP contribution in [0.4, 0.5) is 0 Å². The minimum Gasteiger partial charge on any atom is -0.311 e. The van der Waals surface area contributed by atoms with Gasteiger partial charge in [-0.1, -0.05) is 30.3 Å². The van der Waals surface area contributed by atoms with Crippen LogP contribution in [0.1, 0.15) is 24.4 Å². The van der Waals surface area contributed by atoms with Gasteiger partial charge in [0.15, 0.2) is 0 Å². The van der Waals surface area contributed by atoms with E-state index in [-0.39, 0.29) is 0 Å². The Morgan fingerprint density at radius 1 is 1.32 bits per heavy atom. The van der Waals surface area contributed by atoms with Crippen molar-refractivity contribution >= 4 is 0 Å². The van der Waals surface area contributed by atoms with Crippen molar-refractivity contribution in [3.63, 3.8) is 0 Å². The average molecular weight is 261 g/mol. The van der Waals surface area contributed by atoms with Gasteiger partial charge < -0.3 is 15.1 Å². The molecule has 2 rings (SSSR count). The lowest BCUT2D eigenvalue weighted by Gasteiger charge is -2.33. The van der Waals surface area contributed by atoms with Crippen LogP contribution in [0.2, 0.25) is 0 Å². The molecule has 1 aromatic carbocycles. The van der Waals surface area contributed by atoms with E-state index >= 15 is 0 Å². The van der Waals surface area contributed by atoms with Crippen molar-refractivity contribution in [3.8, 4) is 0 Å². The number of hydrogen-bond acceptors (Lipinski definition) is 3. The van der Waals surface area contributed by atoms with E-state index in [4.69, 9.17) is 0 Å². The van der Waals surface area contributed by atoms with E-state index in [2.05, 4.69) is 66.6 Å². The molecule has 3 nitrogen and oxygen atoms in total. The standard InChI is InChI=1S/C16H27N3/c1-18(2)16(14-8-5-4-6-9-14)12-17-15-10-7-11-19(3)13-15/h4-6,8-9,15-17H,7,10-13H2,1-3H3. The van der Waals surface area contributed by atoms with E-state index in [9.17, 15) is 0 Å². The van der Waals surface area contributed by atoms with Crippen molar-refractivity contribution in [2.75, 3.05) is 40.8 Å². The molecule has 1 saturated heterocycles. The van der Waals surface area contributed by atoms with Gasteiger partial charge in [0, 0.05) is 25.2 Å². The Labute approximate surface area is 117 Å². The molecule has 0 spiro atoms. The number of piperidine rings is 1. The first-order valence-electron chi connectivity index (χ1n) is 7.30. The summed E-state index contributed by atoms with van der Waals surface area (Å²) >= 11 is 0. The average Bonchev–Trinajstić information content (AvgIpc) is 2.40. The van der Waals surface area contributed by atoms with Gasteiger partial charge in [-0.05, 0) is 46.1 Å². The molecule has 1 heterocycles. The Balaban J connectivity index is 1.91. The Kier molecular flexibility index (Phi) is 5.37. The summed E-state index contributed by atoms with van der Waals surface area (Å²) in [5.41, 5.74) is 1.39. The van der Waals surface area contributed by atoms with E-state index in [0.717, 1.165) is 6.54 Å². The van der Waals surface area contributed by atoms with Gasteiger partial charge in [-0.25, -0.2) is 0 Å². The SMILES string of the molecule is CN1CCCC(NCC(c2ccccc2)N(C)C)C1. The van der Waals surface area contributed by atoms with Gasteiger partial charge in [0.05, 0.1) is 0 Å². The zero-order valence-corrected chi connectivity index (χ0v) is 12.5. The summed E-state index contributed by atoms with van der Waals surface area (Å²) in [6.45, 7) is 3.44. The van der Waals surface area contributed by atoms with Crippen molar-refractivity contribution in [2.45, 2.75) is 24.9 Å². The molecule has 0 amide bonds. The normalized spacial score (nSPS) is 22.6. The lowest BCUT2D eigenvalue weighted by atomic mass is 10.0. The van der Waals surface area contributed by atoms with Crippen molar-refractivity contribution < 1.29 is 0 Å². The highest BCUT2D eigenvalue weighted by molar-refractivity contribution is 5.19. The van der Waals surface area contributed by atoms with Crippen LogP contribution in [0.25, 0.3) is 0 Å². The second kappa shape index (κ2) is 7.04. The van der Waals surface area contributed by atoms with Crippen LogP contribution in [-0.2, 0) is 0 Å². The van der Waals surface area contributed by atoms with Gasteiger partial charge in [-0.2, -0.15) is 0 Å². The molecule has 0 aliphatic carbocycles. The largest absolute Gasteiger partial charge is 0.311 e. The van der Waals surface area contributed by atoms with Crippen LogP contribution in [0, 0.1) is 0 Å². The maximum absolute atomic E-state index is 3.75. The smallest absolute Gasteiger partial charge is 0.0466 e. The lowest BCUT2D eigenvalue weighted by Crippen LogP contribution is -2.46. The van der Waals surface area contributed by atoms with Gasteiger partial charge in [0.2, 0.25) is 0 Å². The van der Waals surface area contributed by atoms with E-state index in [1.54, 1.807) is 0 Å². The highest BCUT2D eigenvalue weighted by atomic mass is 15.2. The molecule has 2 atom stereocenters. The summed E-state index contributed by atoms with van der Waals surface area (Å²) in [7, 11) is 6.53. The van der Waals surface area contributed by atoms with Crippen molar-refractivity contribution in [1.82, 2.24) is 15.1 Å². The fraction of sp³-hybridized carbons (Fsp3) is 0.625. The van der Waals surface area contributed by atoms with Gasteiger partial charge in [-0.3, -0.25) is 0 Å². The Morgan fingerprint density at radius 2 is 2.05 bits per heavy atom. The van der Waals surface area contributed by atoms with Crippen LogP contribution < -0.4 is 5.32 Å². The summed E-state index contributed by atoms with van der Waals surface area (Å²) < 4.78 is 0. The van der Waals surface area contributed by atoms with Crippen molar-refractivity contribution in [3.05, 3.63) is 35.9 Å². The van der Waals surface area contributed by atoms with Gasteiger partial charge in [-0.15, -0.1) is 0 Å². The molecule has 19 heavy (non-hydrogen) atoms. The Bertz CT molecular complexity index is 364. The lowest BCUT2D eigenvalue weighted by molar-refractivity contribution is 0.209. The third kappa shape index (κ3) is 4.30. The number of hydrogen-bond donors (Lipinski definition) is 1. The number of likely N-dealkylation sites (tertiary alicyclic amines) is 1. The van der Waals surface area contributed by atoms with Crippen LogP contribution >= 0.6 is 0 Å². The predicted molar refractivity (Wildman–Crippen MR) is 81.4 cm³/mol. The molecule has 1 N–H and O–H groups in total. The topological polar surface area (TPSA) is 18.5 Å². The minimum absolute atomic E-state index is 0.452. The summed E-state index contributed by atoms with van der Waals surface area (Å²) in [5, 5.41) is 3.75. The molecule has 1 aliphatic heterocycles. The zero-order chi connectivity index (χ0) is 13.7. The second-order valence-electron chi connectivity index (χ2n) is 5.90. The fourth-order valence-electron chi connectivity index (χ4n) is 2.89. The first-order chi connectivity index (χ1) is 9.16. The molecule has 1 aliphatic rings. The molecule has 0 saturated carbocycles. The molecule has 1 fully saturated rings. The maximum Gasteiger partial charge on any atom is 0.0466 e. The third-order valence-corrected chi connectivity index (χ3v) is 4.03. The molecule has 0 aromatic heterocycles. The monoisotopic (exact) mass is 261 g/mol. The van der Waals surface area contributed by atoms with E-state index in [0.29, 0.717) is 12.1 Å². The molecule has 0 bridgehead atoms. The van der Waals surface area contributed by atoms with Gasteiger partial charge >= 0.3 is 0 Å². The molecule has 1 aromatic rings. The van der Waals surface area contributed by atoms with Crippen molar-refractivity contribution in [2.24, 2.45) is 0 Å². The number of nitrogens with zero attached hydrogens (tertiary/aromatic N) is 2. The van der Waals surface area contributed by atoms with Gasteiger partial charge in [0.25, 0.3) is 0 Å². The minimum atomic E-state index is 0.452. The highest BCUT2D eigenvalue weighted by Crippen LogP contribution is 2.17. The summed E-state index contributed by atoms with van der Waals surface area (Å²) in [5.74, 6) is 0. The highest BCUT2D eigenvalue weighted by Gasteiger charge is 2.19. The van der Waals surface area contributed by atoms with E-state index in [1.165, 1.54) is 31.5 Å². The fourth-order valence-corrected chi connectivity index (χ4v) is 2.89. The second-order valence-corrected chi connectivity index (χ2v) is 5.90. The maximum atomic E-state index is 3.75. The zero-order valence-electron chi connectivity index (χ0n) is 12.5. The summed E-state index contributed by atoms with van der Waals surface area (Å²) in [6, 6.07) is 11.9. The molecular weight excluding hydrogens is 234 g/mol. The van der Waals surface area contributed by atoms with Crippen LogP contribution in [0.15, 0.2) is 30.3 Å². The Hall–Kier alpha value is -0.900. The van der Waals surface area contributed by atoms with Gasteiger partial charge in [0.1, 0.15) is 0 Å². The number of rotatable bonds is 5. The number of likely N-dealkylation sites (N-methyl/N-ethyl adjacent to an activating group) is 2. The third-order valence-electron chi connectivity index (χ3n) is 4.03. The number of nitrogens with one attached hydrogen (secondary N) is 1.